The van der Waals surface area contributed by atoms with Crippen molar-refractivity contribution < 1.29 is 19.1 Å². The first-order valence-electron chi connectivity index (χ1n) is 6.86. The minimum atomic E-state index is -0.475. The second kappa shape index (κ2) is 5.88. The number of rotatable bonds is 3. The molecule has 0 aromatic carbocycles. The molecular weight excluding hydrogens is 248 g/mol. The summed E-state index contributed by atoms with van der Waals surface area (Å²) in [6, 6.07) is 0.0604. The fraction of sp³-hybridized carbons (Fsp3) is 0.846. The Morgan fingerprint density at radius 1 is 1.21 bits per heavy atom. The van der Waals surface area contributed by atoms with Gasteiger partial charge in [-0.15, -0.1) is 0 Å². The van der Waals surface area contributed by atoms with Gasteiger partial charge in [-0.05, 0) is 13.8 Å². The molecule has 1 N–H and O–H groups in total. The summed E-state index contributed by atoms with van der Waals surface area (Å²) in [6.45, 7) is 6.20. The van der Waals surface area contributed by atoms with E-state index < -0.39 is 5.79 Å². The highest BCUT2D eigenvalue weighted by Crippen LogP contribution is 2.31. The Morgan fingerprint density at radius 2 is 1.79 bits per heavy atom. The van der Waals surface area contributed by atoms with Crippen LogP contribution in [0.3, 0.4) is 0 Å². The zero-order chi connectivity index (χ0) is 13.9. The second-order valence-electron chi connectivity index (χ2n) is 5.39. The van der Waals surface area contributed by atoms with Gasteiger partial charge in [-0.1, -0.05) is 0 Å². The van der Waals surface area contributed by atoms with E-state index in [-0.39, 0.29) is 24.3 Å². The molecule has 0 radical (unpaired) electrons. The molecule has 0 aliphatic carbocycles. The molecule has 2 fully saturated rings. The summed E-state index contributed by atoms with van der Waals surface area (Å²) >= 11 is 0. The third kappa shape index (κ3) is 3.67. The highest BCUT2D eigenvalue weighted by molar-refractivity contribution is 5.97. The van der Waals surface area contributed by atoms with E-state index >= 15 is 0 Å². The number of nitrogens with one attached hydrogen (secondary N) is 1. The Labute approximate surface area is 113 Å². The monoisotopic (exact) mass is 270 g/mol. The highest BCUT2D eigenvalue weighted by Gasteiger charge is 2.40. The molecule has 0 saturated carbocycles. The highest BCUT2D eigenvalue weighted by atomic mass is 16.7. The van der Waals surface area contributed by atoms with Crippen molar-refractivity contribution >= 4 is 11.8 Å². The number of carbonyl (C=O) groups is 2. The molecule has 19 heavy (non-hydrogen) atoms. The predicted octanol–water partition coefficient (Wildman–Crippen LogP) is 0.267. The van der Waals surface area contributed by atoms with Crippen LogP contribution >= 0.6 is 0 Å². The van der Waals surface area contributed by atoms with Gasteiger partial charge < -0.3 is 19.7 Å². The lowest BCUT2D eigenvalue weighted by molar-refractivity contribution is -0.187. The molecule has 6 nitrogen and oxygen atoms in total. The number of likely N-dealkylation sites (tertiary alicyclic amines) is 1. The minimum Gasteiger partial charge on any atom is -0.353 e. The van der Waals surface area contributed by atoms with Gasteiger partial charge in [-0.25, -0.2) is 0 Å². The van der Waals surface area contributed by atoms with E-state index in [1.807, 2.05) is 13.8 Å². The van der Waals surface area contributed by atoms with Crippen LogP contribution in [-0.2, 0) is 19.1 Å². The van der Waals surface area contributed by atoms with Gasteiger partial charge in [0, 0.05) is 32.0 Å². The first-order chi connectivity index (χ1) is 9.01. The van der Waals surface area contributed by atoms with Crippen LogP contribution in [-0.4, -0.2) is 54.8 Å². The van der Waals surface area contributed by atoms with Crippen LogP contribution in [0, 0.1) is 0 Å². The number of hydrogen-bond acceptors (Lipinski definition) is 4. The summed E-state index contributed by atoms with van der Waals surface area (Å²) in [4.78, 5) is 25.2. The van der Waals surface area contributed by atoms with Gasteiger partial charge in [0.25, 0.3) is 0 Å². The predicted molar refractivity (Wildman–Crippen MR) is 68.3 cm³/mol. The second-order valence-corrected chi connectivity index (χ2v) is 5.39. The molecule has 0 bridgehead atoms. The third-order valence-electron chi connectivity index (χ3n) is 3.45. The maximum atomic E-state index is 12.0. The third-order valence-corrected chi connectivity index (χ3v) is 3.45. The number of ether oxygens (including phenoxy) is 2. The molecule has 0 aromatic heterocycles. The molecule has 2 amide bonds. The van der Waals surface area contributed by atoms with Gasteiger partial charge in [0.2, 0.25) is 11.8 Å². The molecule has 0 aromatic rings. The van der Waals surface area contributed by atoms with Gasteiger partial charge in [0.15, 0.2) is 5.79 Å². The maximum absolute atomic E-state index is 12.0. The van der Waals surface area contributed by atoms with E-state index in [1.165, 1.54) is 0 Å². The van der Waals surface area contributed by atoms with Gasteiger partial charge in [-0.3, -0.25) is 9.59 Å². The molecule has 2 aliphatic heterocycles. The van der Waals surface area contributed by atoms with Crippen molar-refractivity contribution in [2.75, 3.05) is 26.3 Å². The van der Waals surface area contributed by atoms with Crippen LogP contribution in [0.25, 0.3) is 0 Å². The molecular formula is C13H22N2O4. The van der Waals surface area contributed by atoms with Crippen molar-refractivity contribution in [1.29, 1.82) is 0 Å². The van der Waals surface area contributed by atoms with E-state index in [0.29, 0.717) is 39.1 Å². The van der Waals surface area contributed by atoms with Crippen LogP contribution < -0.4 is 5.32 Å². The summed E-state index contributed by atoms with van der Waals surface area (Å²) in [5.41, 5.74) is 0. The minimum absolute atomic E-state index is 0.0604. The maximum Gasteiger partial charge on any atom is 0.232 e. The number of carbonyl (C=O) groups excluding carboxylic acids is 2. The molecule has 108 valence electrons. The molecule has 0 unspecified atom stereocenters. The number of nitrogens with zero attached hydrogens (tertiary/aromatic N) is 1. The molecule has 6 heteroatoms. The van der Waals surface area contributed by atoms with E-state index in [1.54, 1.807) is 4.90 Å². The largest absolute Gasteiger partial charge is 0.353 e. The van der Waals surface area contributed by atoms with E-state index in [4.69, 9.17) is 9.47 Å². The number of hydrogen-bond donors (Lipinski definition) is 1. The zero-order valence-corrected chi connectivity index (χ0v) is 11.6. The van der Waals surface area contributed by atoms with Crippen LogP contribution in [0.4, 0.5) is 0 Å². The van der Waals surface area contributed by atoms with Crippen molar-refractivity contribution in [3.63, 3.8) is 0 Å². The lowest BCUT2D eigenvalue weighted by atomic mass is 10.0. The molecule has 2 rings (SSSR count). The van der Waals surface area contributed by atoms with E-state index in [0.717, 1.165) is 0 Å². The van der Waals surface area contributed by atoms with Gasteiger partial charge in [0.05, 0.1) is 13.2 Å². The van der Waals surface area contributed by atoms with E-state index in [2.05, 4.69) is 5.32 Å². The molecule has 0 atom stereocenters. The van der Waals surface area contributed by atoms with Crippen LogP contribution in [0.15, 0.2) is 0 Å². The molecule has 1 spiro atoms. The summed E-state index contributed by atoms with van der Waals surface area (Å²) in [7, 11) is 0. The van der Waals surface area contributed by atoms with Crippen molar-refractivity contribution in [1.82, 2.24) is 10.2 Å². The van der Waals surface area contributed by atoms with Gasteiger partial charge >= 0.3 is 0 Å². The lowest BCUT2D eigenvalue weighted by Crippen LogP contribution is -2.48. The zero-order valence-electron chi connectivity index (χ0n) is 11.6. The van der Waals surface area contributed by atoms with Crippen LogP contribution in [0.5, 0.6) is 0 Å². The smallest absolute Gasteiger partial charge is 0.232 e. The first-order valence-corrected chi connectivity index (χ1v) is 6.86. The number of piperidine rings is 1. The fourth-order valence-electron chi connectivity index (χ4n) is 2.50. The molecule has 2 saturated heterocycles. The molecule has 2 aliphatic rings. The van der Waals surface area contributed by atoms with Crippen LogP contribution in [0.1, 0.15) is 33.1 Å². The topological polar surface area (TPSA) is 67.9 Å². The van der Waals surface area contributed by atoms with Crippen LogP contribution in [0.2, 0.25) is 0 Å². The lowest BCUT2D eigenvalue weighted by Gasteiger charge is -2.37. The van der Waals surface area contributed by atoms with E-state index in [9.17, 15) is 9.59 Å². The normalized spacial score (nSPS) is 21.9. The fourth-order valence-corrected chi connectivity index (χ4v) is 2.50. The Balaban J connectivity index is 1.77. The Morgan fingerprint density at radius 3 is 2.32 bits per heavy atom. The average Bonchev–Trinajstić information content (AvgIpc) is 2.77. The summed E-state index contributed by atoms with van der Waals surface area (Å²) in [5.74, 6) is -0.809. The Hall–Kier alpha value is -1.14. The van der Waals surface area contributed by atoms with Gasteiger partial charge in [0.1, 0.15) is 6.42 Å². The van der Waals surface area contributed by atoms with Crippen molar-refractivity contribution in [3.8, 4) is 0 Å². The standard InChI is InChI=1S/C13H22N2O4/c1-10(2)14-11(16)9-12(17)15-5-3-13(4-6-15)18-7-8-19-13/h10H,3-9H2,1-2H3,(H,14,16). The summed E-state index contributed by atoms with van der Waals surface area (Å²) in [5, 5.41) is 2.73. The molecule has 2 heterocycles. The first kappa shape index (κ1) is 14.3. The average molecular weight is 270 g/mol. The van der Waals surface area contributed by atoms with Crippen molar-refractivity contribution in [3.05, 3.63) is 0 Å². The van der Waals surface area contributed by atoms with Crippen molar-refractivity contribution in [2.45, 2.75) is 44.9 Å². The quantitative estimate of drug-likeness (QED) is 0.747. The SMILES string of the molecule is CC(C)NC(=O)CC(=O)N1CCC2(CC1)OCCO2. The Kier molecular flexibility index (Phi) is 4.42. The van der Waals surface area contributed by atoms with Crippen molar-refractivity contribution in [2.24, 2.45) is 0 Å². The summed E-state index contributed by atoms with van der Waals surface area (Å²) < 4.78 is 11.2. The Bertz CT molecular complexity index is 341. The summed E-state index contributed by atoms with van der Waals surface area (Å²) in [6.07, 6.45) is 1.29. The van der Waals surface area contributed by atoms with Gasteiger partial charge in [-0.2, -0.15) is 0 Å². The number of amides is 2.